The molecule has 1 fully saturated rings. The van der Waals surface area contributed by atoms with Gasteiger partial charge >= 0.3 is 0 Å². The smallest absolute Gasteiger partial charge is 0.232 e. The SMILES string of the molecule is Cc1ccc(Cn2nc(C)c(NC(=O)[C@]3(C)CC3(Br)Br)c2C)cc1. The van der Waals surface area contributed by atoms with E-state index < -0.39 is 5.41 Å². The number of rotatable bonds is 4. The van der Waals surface area contributed by atoms with Crippen LogP contribution in [0.5, 0.6) is 0 Å². The van der Waals surface area contributed by atoms with E-state index in [9.17, 15) is 4.79 Å². The summed E-state index contributed by atoms with van der Waals surface area (Å²) in [6.07, 6.45) is 0.765. The lowest BCUT2D eigenvalue weighted by Gasteiger charge is -2.13. The van der Waals surface area contributed by atoms with Crippen molar-refractivity contribution in [2.75, 3.05) is 5.32 Å². The van der Waals surface area contributed by atoms with Crippen LogP contribution in [0, 0.1) is 26.2 Å². The Labute approximate surface area is 159 Å². The largest absolute Gasteiger partial charge is 0.322 e. The summed E-state index contributed by atoms with van der Waals surface area (Å²) in [5, 5.41) is 7.67. The van der Waals surface area contributed by atoms with Gasteiger partial charge in [0.2, 0.25) is 5.91 Å². The monoisotopic (exact) mass is 453 g/mol. The van der Waals surface area contributed by atoms with Crippen molar-refractivity contribution >= 4 is 43.5 Å². The van der Waals surface area contributed by atoms with Crippen LogP contribution in [0.25, 0.3) is 0 Å². The molecule has 1 aromatic carbocycles. The molecule has 3 rings (SSSR count). The van der Waals surface area contributed by atoms with E-state index in [4.69, 9.17) is 0 Å². The molecule has 0 unspecified atom stereocenters. The highest BCUT2D eigenvalue weighted by molar-refractivity contribution is 9.25. The molecule has 4 nitrogen and oxygen atoms in total. The van der Waals surface area contributed by atoms with Crippen LogP contribution in [0.2, 0.25) is 0 Å². The Hall–Kier alpha value is -1.14. The molecule has 1 saturated carbocycles. The lowest BCUT2D eigenvalue weighted by molar-refractivity contribution is -0.120. The first kappa shape index (κ1) is 17.7. The van der Waals surface area contributed by atoms with Crippen molar-refractivity contribution in [3.05, 3.63) is 46.8 Å². The molecule has 1 amide bonds. The minimum absolute atomic E-state index is 0.0114. The molecule has 24 heavy (non-hydrogen) atoms. The number of alkyl halides is 2. The molecular formula is C18H21Br2N3O. The molecule has 1 aliphatic rings. The molecule has 1 N–H and O–H groups in total. The minimum Gasteiger partial charge on any atom is -0.322 e. The number of aromatic nitrogens is 2. The maximum absolute atomic E-state index is 12.6. The zero-order valence-corrected chi connectivity index (χ0v) is 17.5. The highest BCUT2D eigenvalue weighted by Gasteiger charge is 2.66. The highest BCUT2D eigenvalue weighted by atomic mass is 79.9. The van der Waals surface area contributed by atoms with E-state index in [0.717, 1.165) is 23.5 Å². The molecule has 1 heterocycles. The first-order chi connectivity index (χ1) is 11.1. The zero-order chi connectivity index (χ0) is 17.7. The van der Waals surface area contributed by atoms with Gasteiger partial charge in [0.15, 0.2) is 0 Å². The average Bonchev–Trinajstić information content (AvgIpc) is 2.93. The Morgan fingerprint density at radius 1 is 1.25 bits per heavy atom. The van der Waals surface area contributed by atoms with E-state index in [2.05, 4.69) is 73.5 Å². The molecule has 1 aromatic heterocycles. The number of amides is 1. The number of anilines is 1. The minimum atomic E-state index is -0.440. The normalized spacial score (nSPS) is 21.6. The second-order valence-corrected chi connectivity index (χ2v) is 10.6. The molecule has 0 radical (unpaired) electrons. The third-order valence-corrected chi connectivity index (χ3v) is 7.14. The number of benzene rings is 1. The quantitative estimate of drug-likeness (QED) is 0.681. The van der Waals surface area contributed by atoms with E-state index in [1.807, 2.05) is 25.5 Å². The van der Waals surface area contributed by atoms with Crippen molar-refractivity contribution in [1.29, 1.82) is 0 Å². The van der Waals surface area contributed by atoms with Crippen molar-refractivity contribution in [3.8, 4) is 0 Å². The summed E-state index contributed by atoms with van der Waals surface area (Å²) in [5.41, 5.74) is 4.62. The fourth-order valence-corrected chi connectivity index (χ4v) is 4.28. The summed E-state index contributed by atoms with van der Waals surface area (Å²) < 4.78 is 1.65. The molecular weight excluding hydrogens is 434 g/mol. The predicted octanol–water partition coefficient (Wildman–Crippen LogP) is 4.69. The highest BCUT2D eigenvalue weighted by Crippen LogP contribution is 2.66. The fourth-order valence-electron chi connectivity index (χ4n) is 2.80. The van der Waals surface area contributed by atoms with Gasteiger partial charge < -0.3 is 5.32 Å². The van der Waals surface area contributed by atoms with Gasteiger partial charge in [-0.15, -0.1) is 0 Å². The summed E-state index contributed by atoms with van der Waals surface area (Å²) in [6.45, 7) is 8.65. The number of hydrogen-bond donors (Lipinski definition) is 1. The molecule has 0 spiro atoms. The van der Waals surface area contributed by atoms with E-state index in [-0.39, 0.29) is 9.14 Å². The molecule has 1 atom stereocenters. The maximum atomic E-state index is 12.6. The number of aryl methyl sites for hydroxylation is 2. The molecule has 128 valence electrons. The lowest BCUT2D eigenvalue weighted by Crippen LogP contribution is -2.26. The summed E-state index contributed by atoms with van der Waals surface area (Å²) in [6, 6.07) is 8.42. The van der Waals surface area contributed by atoms with Crippen LogP contribution >= 0.6 is 31.9 Å². The number of nitrogens with zero attached hydrogens (tertiary/aromatic N) is 2. The van der Waals surface area contributed by atoms with Crippen molar-refractivity contribution in [1.82, 2.24) is 9.78 Å². The fraction of sp³-hybridized carbons (Fsp3) is 0.444. The summed E-state index contributed by atoms with van der Waals surface area (Å²) in [7, 11) is 0. The number of hydrogen-bond acceptors (Lipinski definition) is 2. The van der Waals surface area contributed by atoms with Crippen LogP contribution in [0.3, 0.4) is 0 Å². The van der Waals surface area contributed by atoms with Crippen molar-refractivity contribution < 1.29 is 4.79 Å². The predicted molar refractivity (Wildman–Crippen MR) is 104 cm³/mol. The zero-order valence-electron chi connectivity index (χ0n) is 14.3. The summed E-state index contributed by atoms with van der Waals surface area (Å²) in [4.78, 5) is 12.6. The van der Waals surface area contributed by atoms with Crippen molar-refractivity contribution in [2.24, 2.45) is 5.41 Å². The second-order valence-electron chi connectivity index (χ2n) is 6.86. The Balaban J connectivity index is 1.79. The summed E-state index contributed by atoms with van der Waals surface area (Å²) >= 11 is 7.10. The third kappa shape index (κ3) is 3.06. The van der Waals surface area contributed by atoms with Gasteiger partial charge in [0.1, 0.15) is 0 Å². The van der Waals surface area contributed by atoms with Gasteiger partial charge in [-0.3, -0.25) is 9.48 Å². The van der Waals surface area contributed by atoms with E-state index in [1.165, 1.54) is 11.1 Å². The number of nitrogens with one attached hydrogen (secondary N) is 1. The van der Waals surface area contributed by atoms with E-state index in [0.29, 0.717) is 6.54 Å². The molecule has 1 aliphatic carbocycles. The molecule has 0 saturated heterocycles. The number of carbonyl (C=O) groups is 1. The van der Waals surface area contributed by atoms with Gasteiger partial charge in [0.25, 0.3) is 0 Å². The van der Waals surface area contributed by atoms with Gasteiger partial charge in [0.05, 0.1) is 32.3 Å². The van der Waals surface area contributed by atoms with Crippen molar-refractivity contribution in [3.63, 3.8) is 0 Å². The van der Waals surface area contributed by atoms with Gasteiger partial charge in [-0.2, -0.15) is 5.10 Å². The standard InChI is InChI=1S/C18H21Br2N3O/c1-11-5-7-14(8-6-11)9-23-13(3)15(12(2)22-23)21-16(24)17(4)10-18(17,19)20/h5-8H,9-10H2,1-4H3,(H,21,24)/t17-/m0/s1. The van der Waals surface area contributed by atoms with Crippen LogP contribution in [0.4, 0.5) is 5.69 Å². The number of carbonyl (C=O) groups excluding carboxylic acids is 1. The van der Waals surface area contributed by atoms with Gasteiger partial charge in [-0.1, -0.05) is 61.7 Å². The third-order valence-electron chi connectivity index (χ3n) is 4.83. The van der Waals surface area contributed by atoms with Crippen LogP contribution in [0.15, 0.2) is 24.3 Å². The molecule has 0 bridgehead atoms. The lowest BCUT2D eigenvalue weighted by atomic mass is 10.1. The maximum Gasteiger partial charge on any atom is 0.232 e. The molecule has 0 aliphatic heterocycles. The van der Waals surface area contributed by atoms with Crippen molar-refractivity contribution in [2.45, 2.75) is 43.9 Å². The van der Waals surface area contributed by atoms with Gasteiger partial charge in [0, 0.05) is 0 Å². The molecule has 6 heteroatoms. The first-order valence-electron chi connectivity index (χ1n) is 7.93. The Morgan fingerprint density at radius 2 is 1.83 bits per heavy atom. The van der Waals surface area contributed by atoms with E-state index >= 15 is 0 Å². The Kier molecular flexibility index (Phi) is 4.41. The van der Waals surface area contributed by atoms with Gasteiger partial charge in [-0.05, 0) is 39.7 Å². The average molecular weight is 455 g/mol. The van der Waals surface area contributed by atoms with Crippen LogP contribution < -0.4 is 5.32 Å². The Morgan fingerprint density at radius 3 is 2.38 bits per heavy atom. The first-order valence-corrected chi connectivity index (χ1v) is 9.51. The van der Waals surface area contributed by atoms with Crippen LogP contribution in [0.1, 0.15) is 35.9 Å². The number of halogens is 2. The summed E-state index contributed by atoms with van der Waals surface area (Å²) in [5.74, 6) is 0.0114. The van der Waals surface area contributed by atoms with Gasteiger partial charge in [-0.25, -0.2) is 0 Å². The molecule has 2 aromatic rings. The second kappa shape index (κ2) is 5.99. The van der Waals surface area contributed by atoms with Crippen LogP contribution in [-0.2, 0) is 11.3 Å². The van der Waals surface area contributed by atoms with Crippen LogP contribution in [-0.4, -0.2) is 18.9 Å². The Bertz CT molecular complexity index is 795. The topological polar surface area (TPSA) is 46.9 Å². The van der Waals surface area contributed by atoms with E-state index in [1.54, 1.807) is 0 Å².